The summed E-state index contributed by atoms with van der Waals surface area (Å²) in [7, 11) is 1.89. The number of hydrogen-bond donors (Lipinski definition) is 1. The number of rotatable bonds is 6. The second kappa shape index (κ2) is 7.57. The summed E-state index contributed by atoms with van der Waals surface area (Å²) in [5, 5.41) is 10.9. The fourth-order valence-electron chi connectivity index (χ4n) is 3.25. The zero-order chi connectivity index (χ0) is 16.9. The monoisotopic (exact) mass is 327 g/mol. The van der Waals surface area contributed by atoms with E-state index in [9.17, 15) is 4.79 Å². The Kier molecular flexibility index (Phi) is 5.25. The van der Waals surface area contributed by atoms with Crippen LogP contribution in [0.25, 0.3) is 0 Å². The number of carbonyl (C=O) groups is 1. The van der Waals surface area contributed by atoms with E-state index in [4.69, 9.17) is 0 Å². The van der Waals surface area contributed by atoms with E-state index in [-0.39, 0.29) is 11.9 Å². The summed E-state index contributed by atoms with van der Waals surface area (Å²) >= 11 is 0. The van der Waals surface area contributed by atoms with Crippen LogP contribution in [-0.4, -0.2) is 44.7 Å². The number of hydrogen-bond acceptors (Lipinski definition) is 4. The van der Waals surface area contributed by atoms with Gasteiger partial charge >= 0.3 is 0 Å². The Morgan fingerprint density at radius 2 is 2.12 bits per heavy atom. The SMILES string of the molecule is CC(CN1CCc2ccccc2C1)NC(=O)CCc1nncn1C. The molecule has 2 aromatic rings. The molecule has 0 radical (unpaired) electrons. The average Bonchev–Trinajstić information content (AvgIpc) is 2.98. The number of aromatic nitrogens is 3. The molecule has 0 saturated carbocycles. The van der Waals surface area contributed by atoms with Gasteiger partial charge in [-0.25, -0.2) is 0 Å². The van der Waals surface area contributed by atoms with Crippen molar-refractivity contribution in [2.24, 2.45) is 7.05 Å². The van der Waals surface area contributed by atoms with Gasteiger partial charge in [-0.05, 0) is 24.5 Å². The maximum Gasteiger partial charge on any atom is 0.220 e. The van der Waals surface area contributed by atoms with Crippen LogP contribution in [0.2, 0.25) is 0 Å². The summed E-state index contributed by atoms with van der Waals surface area (Å²) in [6, 6.07) is 8.76. The second-order valence-corrected chi connectivity index (χ2v) is 6.58. The summed E-state index contributed by atoms with van der Waals surface area (Å²) in [5.74, 6) is 0.911. The highest BCUT2D eigenvalue weighted by atomic mass is 16.1. The first-order valence-electron chi connectivity index (χ1n) is 8.53. The Morgan fingerprint density at radius 1 is 1.33 bits per heavy atom. The first-order chi connectivity index (χ1) is 11.6. The summed E-state index contributed by atoms with van der Waals surface area (Å²) in [4.78, 5) is 14.5. The molecule has 3 rings (SSSR count). The lowest BCUT2D eigenvalue weighted by Gasteiger charge is -2.31. The number of aryl methyl sites for hydroxylation is 2. The number of carbonyl (C=O) groups excluding carboxylic acids is 1. The third kappa shape index (κ3) is 4.20. The molecule has 1 aromatic carbocycles. The van der Waals surface area contributed by atoms with Gasteiger partial charge in [0.2, 0.25) is 5.91 Å². The molecule has 6 nitrogen and oxygen atoms in total. The van der Waals surface area contributed by atoms with Gasteiger partial charge in [0.1, 0.15) is 12.2 Å². The molecule has 1 aromatic heterocycles. The largest absolute Gasteiger partial charge is 0.352 e. The Balaban J connectivity index is 1.43. The summed E-state index contributed by atoms with van der Waals surface area (Å²) in [6.07, 6.45) is 3.80. The van der Waals surface area contributed by atoms with Crippen molar-refractivity contribution in [3.8, 4) is 0 Å². The van der Waals surface area contributed by atoms with Crippen molar-refractivity contribution in [1.82, 2.24) is 25.0 Å². The van der Waals surface area contributed by atoms with Crippen LogP contribution < -0.4 is 5.32 Å². The topological polar surface area (TPSA) is 63.1 Å². The molecular formula is C18H25N5O. The number of nitrogens with one attached hydrogen (secondary N) is 1. The molecule has 0 saturated heterocycles. The van der Waals surface area contributed by atoms with Crippen molar-refractivity contribution in [1.29, 1.82) is 0 Å². The molecule has 1 amide bonds. The highest BCUT2D eigenvalue weighted by Crippen LogP contribution is 2.18. The number of fused-ring (bicyclic) bond motifs is 1. The smallest absolute Gasteiger partial charge is 0.220 e. The molecule has 1 unspecified atom stereocenters. The molecule has 128 valence electrons. The summed E-state index contributed by atoms with van der Waals surface area (Å²) in [6.45, 7) is 4.97. The number of benzene rings is 1. The fraction of sp³-hybridized carbons (Fsp3) is 0.500. The maximum absolute atomic E-state index is 12.1. The molecular weight excluding hydrogens is 302 g/mol. The van der Waals surface area contributed by atoms with Crippen molar-refractivity contribution in [3.05, 3.63) is 47.5 Å². The molecule has 1 aliphatic heterocycles. The number of nitrogens with zero attached hydrogens (tertiary/aromatic N) is 4. The molecule has 1 N–H and O–H groups in total. The van der Waals surface area contributed by atoms with E-state index in [1.165, 1.54) is 11.1 Å². The van der Waals surface area contributed by atoms with E-state index in [0.717, 1.165) is 31.9 Å². The molecule has 24 heavy (non-hydrogen) atoms. The van der Waals surface area contributed by atoms with Crippen LogP contribution in [0.15, 0.2) is 30.6 Å². The minimum Gasteiger partial charge on any atom is -0.352 e. The van der Waals surface area contributed by atoms with Crippen LogP contribution in [-0.2, 0) is 31.2 Å². The molecule has 1 aliphatic rings. The molecule has 0 bridgehead atoms. The molecule has 0 spiro atoms. The first kappa shape index (κ1) is 16.6. The lowest BCUT2D eigenvalue weighted by atomic mass is 10.00. The van der Waals surface area contributed by atoms with E-state index in [2.05, 4.69) is 51.6 Å². The minimum absolute atomic E-state index is 0.0721. The standard InChI is InChI=1S/C18H25N5O/c1-14(20-18(24)8-7-17-21-19-13-22(17)2)11-23-10-9-15-5-3-4-6-16(15)12-23/h3-6,13-14H,7-12H2,1-2H3,(H,20,24). The van der Waals surface area contributed by atoms with E-state index in [1.54, 1.807) is 6.33 Å². The average molecular weight is 327 g/mol. The fourth-order valence-corrected chi connectivity index (χ4v) is 3.25. The highest BCUT2D eigenvalue weighted by molar-refractivity contribution is 5.76. The van der Waals surface area contributed by atoms with E-state index >= 15 is 0 Å². The van der Waals surface area contributed by atoms with Gasteiger partial charge in [-0.15, -0.1) is 10.2 Å². The molecule has 2 heterocycles. The van der Waals surface area contributed by atoms with Gasteiger partial charge in [-0.1, -0.05) is 24.3 Å². The Hall–Kier alpha value is -2.21. The van der Waals surface area contributed by atoms with Gasteiger partial charge in [-0.2, -0.15) is 0 Å². The quantitative estimate of drug-likeness (QED) is 0.869. The highest BCUT2D eigenvalue weighted by Gasteiger charge is 2.18. The molecule has 6 heteroatoms. The van der Waals surface area contributed by atoms with Crippen LogP contribution in [0.1, 0.15) is 30.3 Å². The Morgan fingerprint density at radius 3 is 2.88 bits per heavy atom. The van der Waals surface area contributed by atoms with E-state index in [0.29, 0.717) is 12.8 Å². The molecule has 1 atom stereocenters. The van der Waals surface area contributed by atoms with E-state index < -0.39 is 0 Å². The van der Waals surface area contributed by atoms with Crippen molar-refractivity contribution in [2.45, 2.75) is 38.8 Å². The van der Waals surface area contributed by atoms with Gasteiger partial charge in [0.15, 0.2) is 0 Å². The minimum atomic E-state index is 0.0721. The van der Waals surface area contributed by atoms with Crippen molar-refractivity contribution in [2.75, 3.05) is 13.1 Å². The first-order valence-corrected chi connectivity index (χ1v) is 8.53. The summed E-state index contributed by atoms with van der Waals surface area (Å²) in [5.41, 5.74) is 2.86. The van der Waals surface area contributed by atoms with Crippen LogP contribution >= 0.6 is 0 Å². The predicted octanol–water partition coefficient (Wildman–Crippen LogP) is 1.31. The normalized spacial score (nSPS) is 15.8. The number of amides is 1. The maximum atomic E-state index is 12.1. The lowest BCUT2D eigenvalue weighted by Crippen LogP contribution is -2.43. The van der Waals surface area contributed by atoms with Gasteiger partial charge in [-0.3, -0.25) is 9.69 Å². The molecule has 0 fully saturated rings. The van der Waals surface area contributed by atoms with Gasteiger partial charge < -0.3 is 9.88 Å². The zero-order valence-corrected chi connectivity index (χ0v) is 14.4. The Bertz CT molecular complexity index is 696. The zero-order valence-electron chi connectivity index (χ0n) is 14.4. The predicted molar refractivity (Wildman–Crippen MR) is 92.4 cm³/mol. The van der Waals surface area contributed by atoms with Gasteiger partial charge in [0.05, 0.1) is 0 Å². The van der Waals surface area contributed by atoms with Crippen LogP contribution in [0.4, 0.5) is 0 Å². The molecule has 0 aliphatic carbocycles. The Labute approximate surface area is 142 Å². The van der Waals surface area contributed by atoms with E-state index in [1.807, 2.05) is 11.6 Å². The van der Waals surface area contributed by atoms with Crippen molar-refractivity contribution < 1.29 is 4.79 Å². The van der Waals surface area contributed by atoms with Crippen molar-refractivity contribution >= 4 is 5.91 Å². The van der Waals surface area contributed by atoms with Crippen LogP contribution in [0, 0.1) is 0 Å². The third-order valence-electron chi connectivity index (χ3n) is 4.53. The third-order valence-corrected chi connectivity index (χ3v) is 4.53. The summed E-state index contributed by atoms with van der Waals surface area (Å²) < 4.78 is 1.85. The van der Waals surface area contributed by atoms with Crippen LogP contribution in [0.5, 0.6) is 0 Å². The van der Waals surface area contributed by atoms with Crippen molar-refractivity contribution in [3.63, 3.8) is 0 Å². The lowest BCUT2D eigenvalue weighted by molar-refractivity contribution is -0.121. The van der Waals surface area contributed by atoms with Gasteiger partial charge in [0.25, 0.3) is 0 Å². The van der Waals surface area contributed by atoms with Crippen LogP contribution in [0.3, 0.4) is 0 Å². The second-order valence-electron chi connectivity index (χ2n) is 6.58. The van der Waals surface area contributed by atoms with Gasteiger partial charge in [0, 0.05) is 45.6 Å².